The Bertz CT molecular complexity index is 379. The van der Waals surface area contributed by atoms with Crippen molar-refractivity contribution in [1.29, 1.82) is 0 Å². The summed E-state index contributed by atoms with van der Waals surface area (Å²) in [7, 11) is 0. The van der Waals surface area contributed by atoms with E-state index in [0.29, 0.717) is 12.1 Å². The maximum absolute atomic E-state index is 5.57. The van der Waals surface area contributed by atoms with Crippen molar-refractivity contribution in [3.63, 3.8) is 0 Å². The van der Waals surface area contributed by atoms with Crippen LogP contribution in [-0.2, 0) is 4.74 Å². The number of nitrogens with zero attached hydrogens (tertiary/aromatic N) is 2. The van der Waals surface area contributed by atoms with E-state index in [1.807, 2.05) is 6.20 Å². The molecule has 1 fully saturated rings. The molecule has 0 amide bonds. The van der Waals surface area contributed by atoms with Crippen LogP contribution >= 0.6 is 0 Å². The highest BCUT2D eigenvalue weighted by atomic mass is 16.5. The monoisotopic (exact) mass is 263 g/mol. The molecule has 0 radical (unpaired) electrons. The molecule has 1 aromatic rings. The molecule has 2 heterocycles. The van der Waals surface area contributed by atoms with Crippen LogP contribution < -0.4 is 10.2 Å². The van der Waals surface area contributed by atoms with E-state index < -0.39 is 0 Å². The van der Waals surface area contributed by atoms with Crippen LogP contribution in [0.3, 0.4) is 0 Å². The summed E-state index contributed by atoms with van der Waals surface area (Å²) < 4.78 is 5.57. The Kier molecular flexibility index (Phi) is 5.16. The van der Waals surface area contributed by atoms with Crippen LogP contribution in [0.1, 0.15) is 38.9 Å². The molecule has 106 valence electrons. The quantitative estimate of drug-likeness (QED) is 0.885. The number of pyridine rings is 1. The van der Waals surface area contributed by atoms with E-state index in [1.165, 1.54) is 5.69 Å². The molecule has 0 spiro atoms. The van der Waals surface area contributed by atoms with Gasteiger partial charge in [-0.15, -0.1) is 0 Å². The van der Waals surface area contributed by atoms with Gasteiger partial charge < -0.3 is 15.0 Å². The highest BCUT2D eigenvalue weighted by Crippen LogP contribution is 2.20. The third kappa shape index (κ3) is 3.67. The molecule has 1 saturated heterocycles. The normalized spacial score (nSPS) is 21.4. The minimum atomic E-state index is 0.304. The number of anilines is 1. The molecule has 4 nitrogen and oxygen atoms in total. The number of nitrogens with one attached hydrogen (secondary N) is 1. The highest BCUT2D eigenvalue weighted by Gasteiger charge is 2.17. The molecule has 0 saturated carbocycles. The van der Waals surface area contributed by atoms with E-state index in [9.17, 15) is 0 Å². The zero-order valence-electron chi connectivity index (χ0n) is 12.2. The first-order chi connectivity index (χ1) is 9.24. The molecule has 1 N–H and O–H groups in total. The molecule has 1 aliphatic heterocycles. The van der Waals surface area contributed by atoms with Crippen LogP contribution in [0.5, 0.6) is 0 Å². The molecule has 0 aliphatic carbocycles. The van der Waals surface area contributed by atoms with Gasteiger partial charge in [-0.2, -0.15) is 0 Å². The van der Waals surface area contributed by atoms with Gasteiger partial charge in [-0.05, 0) is 32.0 Å². The van der Waals surface area contributed by atoms with Gasteiger partial charge in [-0.25, -0.2) is 0 Å². The Morgan fingerprint density at radius 3 is 2.89 bits per heavy atom. The number of hydrogen-bond donors (Lipinski definition) is 1. The average Bonchev–Trinajstić information content (AvgIpc) is 2.45. The smallest absolute Gasteiger partial charge is 0.0722 e. The molecular formula is C15H25N3O. The first-order valence-electron chi connectivity index (χ1n) is 7.30. The lowest BCUT2D eigenvalue weighted by atomic mass is 10.1. The summed E-state index contributed by atoms with van der Waals surface area (Å²) in [6.07, 6.45) is 3.36. The number of morpholine rings is 1. The van der Waals surface area contributed by atoms with Crippen LogP contribution in [0.25, 0.3) is 0 Å². The van der Waals surface area contributed by atoms with Crippen molar-refractivity contribution >= 4 is 5.69 Å². The fourth-order valence-corrected chi connectivity index (χ4v) is 2.55. The van der Waals surface area contributed by atoms with Crippen molar-refractivity contribution in [2.45, 2.75) is 39.3 Å². The summed E-state index contributed by atoms with van der Waals surface area (Å²) in [4.78, 5) is 6.97. The van der Waals surface area contributed by atoms with Gasteiger partial charge in [0.15, 0.2) is 0 Å². The summed E-state index contributed by atoms with van der Waals surface area (Å²) in [5.41, 5.74) is 2.33. The topological polar surface area (TPSA) is 37.4 Å². The summed E-state index contributed by atoms with van der Waals surface area (Å²) >= 11 is 0. The summed E-state index contributed by atoms with van der Waals surface area (Å²) in [5, 5.41) is 3.46. The third-order valence-corrected chi connectivity index (χ3v) is 3.59. The van der Waals surface area contributed by atoms with Crippen LogP contribution in [0.2, 0.25) is 0 Å². The molecule has 1 aliphatic rings. The Morgan fingerprint density at radius 1 is 1.47 bits per heavy atom. The van der Waals surface area contributed by atoms with Crippen molar-refractivity contribution in [2.75, 3.05) is 31.1 Å². The van der Waals surface area contributed by atoms with Crippen molar-refractivity contribution in [3.8, 4) is 0 Å². The van der Waals surface area contributed by atoms with Crippen molar-refractivity contribution < 1.29 is 4.74 Å². The molecule has 0 bridgehead atoms. The largest absolute Gasteiger partial charge is 0.375 e. The van der Waals surface area contributed by atoms with Gasteiger partial charge in [0.2, 0.25) is 0 Å². The maximum Gasteiger partial charge on any atom is 0.0722 e. The van der Waals surface area contributed by atoms with E-state index in [1.54, 1.807) is 0 Å². The van der Waals surface area contributed by atoms with Gasteiger partial charge in [0.1, 0.15) is 0 Å². The van der Waals surface area contributed by atoms with Crippen LogP contribution in [0.4, 0.5) is 5.69 Å². The summed E-state index contributed by atoms with van der Waals surface area (Å²) in [5.74, 6) is 0. The number of hydrogen-bond acceptors (Lipinski definition) is 4. The molecule has 2 unspecified atom stereocenters. The molecule has 2 atom stereocenters. The maximum atomic E-state index is 5.57. The van der Waals surface area contributed by atoms with Gasteiger partial charge in [-0.1, -0.05) is 13.8 Å². The lowest BCUT2D eigenvalue weighted by Gasteiger charge is -2.32. The fraction of sp³-hybridized carbons (Fsp3) is 0.667. The fourth-order valence-electron chi connectivity index (χ4n) is 2.55. The SMILES string of the molecule is CCNC(CC)c1ccc(N2CCOC(C)C2)cn1. The second-order valence-corrected chi connectivity index (χ2v) is 5.09. The zero-order chi connectivity index (χ0) is 13.7. The van der Waals surface area contributed by atoms with Crippen molar-refractivity contribution in [2.24, 2.45) is 0 Å². The minimum Gasteiger partial charge on any atom is -0.375 e. The second kappa shape index (κ2) is 6.87. The van der Waals surface area contributed by atoms with Gasteiger partial charge in [0.25, 0.3) is 0 Å². The Labute approximate surface area is 116 Å². The molecule has 2 rings (SSSR count). The summed E-state index contributed by atoms with van der Waals surface area (Å²) in [6, 6.07) is 4.69. The predicted molar refractivity (Wildman–Crippen MR) is 78.6 cm³/mol. The Morgan fingerprint density at radius 2 is 2.32 bits per heavy atom. The molecule has 19 heavy (non-hydrogen) atoms. The zero-order valence-corrected chi connectivity index (χ0v) is 12.2. The van der Waals surface area contributed by atoms with Crippen molar-refractivity contribution in [1.82, 2.24) is 10.3 Å². The Balaban J connectivity index is 2.04. The van der Waals surface area contributed by atoms with Gasteiger partial charge >= 0.3 is 0 Å². The summed E-state index contributed by atoms with van der Waals surface area (Å²) in [6.45, 7) is 10.1. The Hall–Kier alpha value is -1.13. The van der Waals surface area contributed by atoms with Crippen LogP contribution in [0.15, 0.2) is 18.3 Å². The van der Waals surface area contributed by atoms with E-state index >= 15 is 0 Å². The standard InChI is InChI=1S/C15H25N3O/c1-4-14(16-5-2)15-7-6-13(10-17-15)18-8-9-19-12(3)11-18/h6-7,10,12,14,16H,4-5,8-9,11H2,1-3H3. The lowest BCUT2D eigenvalue weighted by Crippen LogP contribution is -2.41. The van der Waals surface area contributed by atoms with Gasteiger partial charge in [-0.3, -0.25) is 4.98 Å². The second-order valence-electron chi connectivity index (χ2n) is 5.09. The van der Waals surface area contributed by atoms with Gasteiger partial charge in [0, 0.05) is 19.1 Å². The molecule has 1 aromatic heterocycles. The van der Waals surface area contributed by atoms with E-state index in [-0.39, 0.29) is 0 Å². The molecule has 4 heteroatoms. The lowest BCUT2D eigenvalue weighted by molar-refractivity contribution is 0.0532. The molecule has 0 aromatic carbocycles. The number of aromatic nitrogens is 1. The number of ether oxygens (including phenoxy) is 1. The van der Waals surface area contributed by atoms with E-state index in [0.717, 1.165) is 38.4 Å². The third-order valence-electron chi connectivity index (χ3n) is 3.59. The highest BCUT2D eigenvalue weighted by molar-refractivity contribution is 5.45. The average molecular weight is 263 g/mol. The molecular weight excluding hydrogens is 238 g/mol. The van der Waals surface area contributed by atoms with Crippen molar-refractivity contribution in [3.05, 3.63) is 24.0 Å². The minimum absolute atomic E-state index is 0.304. The first-order valence-corrected chi connectivity index (χ1v) is 7.30. The van der Waals surface area contributed by atoms with Crippen LogP contribution in [-0.4, -0.2) is 37.3 Å². The van der Waals surface area contributed by atoms with E-state index in [4.69, 9.17) is 4.74 Å². The van der Waals surface area contributed by atoms with E-state index in [2.05, 4.69) is 48.1 Å². The van der Waals surface area contributed by atoms with Crippen LogP contribution in [0, 0.1) is 0 Å². The number of rotatable bonds is 5. The van der Waals surface area contributed by atoms with Gasteiger partial charge in [0.05, 0.1) is 30.3 Å². The predicted octanol–water partition coefficient (Wildman–Crippen LogP) is 2.37. The first kappa shape index (κ1) is 14.3.